The van der Waals surface area contributed by atoms with Gasteiger partial charge in [0.2, 0.25) is 0 Å². The average Bonchev–Trinajstić information content (AvgIpc) is 2.42. The van der Waals surface area contributed by atoms with Crippen LogP contribution >= 0.6 is 0 Å². The van der Waals surface area contributed by atoms with Crippen molar-refractivity contribution >= 4 is 5.69 Å². The zero-order chi connectivity index (χ0) is 14.0. The maximum absolute atomic E-state index is 9.61. The Labute approximate surface area is 116 Å². The number of benzene rings is 1. The van der Waals surface area contributed by atoms with Crippen molar-refractivity contribution in [2.45, 2.75) is 51.7 Å². The van der Waals surface area contributed by atoms with Crippen LogP contribution in [0.2, 0.25) is 0 Å². The molecular formula is C16H25NO2. The number of methoxy groups -OCH3 is 1. The highest BCUT2D eigenvalue weighted by molar-refractivity contribution is 5.60. The van der Waals surface area contributed by atoms with E-state index in [2.05, 4.69) is 31.9 Å². The molecule has 1 saturated carbocycles. The fourth-order valence-corrected chi connectivity index (χ4v) is 3.03. The summed E-state index contributed by atoms with van der Waals surface area (Å²) < 4.78 is 5.37. The molecule has 3 heteroatoms. The minimum absolute atomic E-state index is 0.0941. The Balaban J connectivity index is 2.19. The molecule has 0 amide bonds. The summed E-state index contributed by atoms with van der Waals surface area (Å²) in [6.07, 6.45) is 3.89. The molecule has 0 bridgehead atoms. The van der Waals surface area contributed by atoms with Crippen molar-refractivity contribution in [3.63, 3.8) is 0 Å². The summed E-state index contributed by atoms with van der Waals surface area (Å²) in [4.78, 5) is 2.37. The lowest BCUT2D eigenvalue weighted by atomic mass is 9.91. The minimum atomic E-state index is -0.0941. The van der Waals surface area contributed by atoms with Gasteiger partial charge in [-0.3, -0.25) is 0 Å². The normalized spacial score (nSPS) is 23.2. The van der Waals surface area contributed by atoms with Crippen LogP contribution in [0.3, 0.4) is 0 Å². The van der Waals surface area contributed by atoms with Gasteiger partial charge < -0.3 is 14.7 Å². The standard InChI is InChI=1S/C16H25NO2/c1-11-12(2)16(19-4)10-9-15(11)17(3)13-5-7-14(18)8-6-13/h9-10,13-14,18H,5-8H2,1-4H3. The first-order valence-electron chi connectivity index (χ1n) is 7.09. The highest BCUT2D eigenvalue weighted by Gasteiger charge is 2.24. The average molecular weight is 263 g/mol. The van der Waals surface area contributed by atoms with Crippen molar-refractivity contribution < 1.29 is 9.84 Å². The van der Waals surface area contributed by atoms with Crippen LogP contribution in [-0.2, 0) is 0 Å². The number of anilines is 1. The van der Waals surface area contributed by atoms with E-state index in [1.807, 2.05) is 6.07 Å². The van der Waals surface area contributed by atoms with Crippen LogP contribution in [0.4, 0.5) is 5.69 Å². The molecule has 0 aliphatic heterocycles. The van der Waals surface area contributed by atoms with E-state index in [4.69, 9.17) is 4.74 Å². The summed E-state index contributed by atoms with van der Waals surface area (Å²) in [6, 6.07) is 4.73. The largest absolute Gasteiger partial charge is 0.496 e. The van der Waals surface area contributed by atoms with E-state index in [-0.39, 0.29) is 6.10 Å². The molecule has 0 heterocycles. The van der Waals surface area contributed by atoms with Crippen LogP contribution in [-0.4, -0.2) is 31.4 Å². The second-order valence-corrected chi connectivity index (χ2v) is 5.61. The molecule has 1 N–H and O–H groups in total. The van der Waals surface area contributed by atoms with E-state index in [9.17, 15) is 5.11 Å². The van der Waals surface area contributed by atoms with E-state index in [0.29, 0.717) is 6.04 Å². The van der Waals surface area contributed by atoms with Gasteiger partial charge in [0.15, 0.2) is 0 Å². The Kier molecular flexibility index (Phi) is 4.35. The third-order valence-corrected chi connectivity index (χ3v) is 4.52. The fourth-order valence-electron chi connectivity index (χ4n) is 3.03. The van der Waals surface area contributed by atoms with Crippen molar-refractivity contribution in [3.8, 4) is 5.75 Å². The third-order valence-electron chi connectivity index (χ3n) is 4.52. The summed E-state index contributed by atoms with van der Waals surface area (Å²) in [5.41, 5.74) is 3.77. The number of aliphatic hydroxyl groups excluding tert-OH is 1. The van der Waals surface area contributed by atoms with Gasteiger partial charge in [-0.15, -0.1) is 0 Å². The number of hydrogen-bond acceptors (Lipinski definition) is 3. The van der Waals surface area contributed by atoms with Crippen LogP contribution in [0.5, 0.6) is 5.75 Å². The van der Waals surface area contributed by atoms with E-state index < -0.39 is 0 Å². The van der Waals surface area contributed by atoms with Crippen molar-refractivity contribution in [1.29, 1.82) is 0 Å². The van der Waals surface area contributed by atoms with Gasteiger partial charge in [-0.05, 0) is 62.8 Å². The Morgan fingerprint density at radius 2 is 1.74 bits per heavy atom. The van der Waals surface area contributed by atoms with E-state index in [1.165, 1.54) is 16.8 Å². The Bertz CT molecular complexity index is 437. The lowest BCUT2D eigenvalue weighted by Crippen LogP contribution is -2.36. The van der Waals surface area contributed by atoms with Gasteiger partial charge in [0.05, 0.1) is 13.2 Å². The monoisotopic (exact) mass is 263 g/mol. The number of hydrogen-bond donors (Lipinski definition) is 1. The number of aliphatic hydroxyl groups is 1. The maximum atomic E-state index is 9.61. The van der Waals surface area contributed by atoms with Gasteiger partial charge in [-0.1, -0.05) is 0 Å². The highest BCUT2D eigenvalue weighted by atomic mass is 16.5. The first-order valence-corrected chi connectivity index (χ1v) is 7.09. The van der Waals surface area contributed by atoms with Gasteiger partial charge in [-0.25, -0.2) is 0 Å². The highest BCUT2D eigenvalue weighted by Crippen LogP contribution is 2.33. The lowest BCUT2D eigenvalue weighted by molar-refractivity contribution is 0.122. The fraction of sp³-hybridized carbons (Fsp3) is 0.625. The van der Waals surface area contributed by atoms with Crippen molar-refractivity contribution in [2.24, 2.45) is 0 Å². The molecule has 0 radical (unpaired) electrons. The Morgan fingerprint density at radius 1 is 1.11 bits per heavy atom. The number of nitrogens with zero attached hydrogens (tertiary/aromatic N) is 1. The number of ether oxygens (including phenoxy) is 1. The molecule has 1 aromatic rings. The Hall–Kier alpha value is -1.22. The van der Waals surface area contributed by atoms with Crippen LogP contribution in [0.15, 0.2) is 12.1 Å². The molecule has 0 saturated heterocycles. The summed E-state index contributed by atoms with van der Waals surface area (Å²) in [7, 11) is 3.88. The van der Waals surface area contributed by atoms with Gasteiger partial charge in [0.25, 0.3) is 0 Å². The van der Waals surface area contributed by atoms with Crippen LogP contribution in [0, 0.1) is 13.8 Å². The molecule has 0 aromatic heterocycles. The quantitative estimate of drug-likeness (QED) is 0.909. The van der Waals surface area contributed by atoms with E-state index in [0.717, 1.165) is 31.4 Å². The molecule has 0 atom stereocenters. The molecule has 1 fully saturated rings. The van der Waals surface area contributed by atoms with Crippen molar-refractivity contribution in [1.82, 2.24) is 0 Å². The van der Waals surface area contributed by atoms with Gasteiger partial charge in [0, 0.05) is 18.8 Å². The van der Waals surface area contributed by atoms with E-state index >= 15 is 0 Å². The molecule has 1 aliphatic rings. The summed E-state index contributed by atoms with van der Waals surface area (Å²) in [5.74, 6) is 0.953. The first-order chi connectivity index (χ1) is 9.04. The van der Waals surface area contributed by atoms with Gasteiger partial charge >= 0.3 is 0 Å². The molecule has 1 aliphatic carbocycles. The molecule has 0 unspecified atom stereocenters. The predicted molar refractivity (Wildman–Crippen MR) is 79.1 cm³/mol. The second-order valence-electron chi connectivity index (χ2n) is 5.61. The zero-order valence-corrected chi connectivity index (χ0v) is 12.4. The smallest absolute Gasteiger partial charge is 0.122 e. The molecule has 19 heavy (non-hydrogen) atoms. The van der Waals surface area contributed by atoms with Gasteiger partial charge in [-0.2, -0.15) is 0 Å². The molecule has 1 aromatic carbocycles. The van der Waals surface area contributed by atoms with Crippen LogP contribution in [0.25, 0.3) is 0 Å². The first kappa shape index (κ1) is 14.2. The molecular weight excluding hydrogens is 238 g/mol. The SMILES string of the molecule is COc1ccc(N(C)C2CCC(O)CC2)c(C)c1C. The maximum Gasteiger partial charge on any atom is 0.122 e. The third kappa shape index (κ3) is 2.86. The lowest BCUT2D eigenvalue weighted by Gasteiger charge is -2.35. The van der Waals surface area contributed by atoms with E-state index in [1.54, 1.807) is 7.11 Å². The van der Waals surface area contributed by atoms with Gasteiger partial charge in [0.1, 0.15) is 5.75 Å². The van der Waals surface area contributed by atoms with Crippen LogP contribution in [0.1, 0.15) is 36.8 Å². The molecule has 0 spiro atoms. The summed E-state index contributed by atoms with van der Waals surface area (Å²) in [6.45, 7) is 4.26. The second kappa shape index (κ2) is 5.83. The minimum Gasteiger partial charge on any atom is -0.496 e. The molecule has 2 rings (SSSR count). The Morgan fingerprint density at radius 3 is 2.32 bits per heavy atom. The van der Waals surface area contributed by atoms with Crippen molar-refractivity contribution in [2.75, 3.05) is 19.1 Å². The summed E-state index contributed by atoms with van der Waals surface area (Å²) >= 11 is 0. The summed E-state index contributed by atoms with van der Waals surface area (Å²) in [5, 5.41) is 9.61. The molecule has 106 valence electrons. The topological polar surface area (TPSA) is 32.7 Å². The predicted octanol–water partition coefficient (Wildman–Crippen LogP) is 3.05. The molecule has 3 nitrogen and oxygen atoms in total. The zero-order valence-electron chi connectivity index (χ0n) is 12.4. The van der Waals surface area contributed by atoms with Crippen LogP contribution < -0.4 is 9.64 Å². The number of rotatable bonds is 3. The van der Waals surface area contributed by atoms with Crippen molar-refractivity contribution in [3.05, 3.63) is 23.3 Å².